The van der Waals surface area contributed by atoms with E-state index in [0.29, 0.717) is 5.78 Å². The minimum Gasteiger partial charge on any atom is -0.468 e. The highest BCUT2D eigenvalue weighted by molar-refractivity contribution is 7.98. The first-order chi connectivity index (χ1) is 9.83. The fraction of sp³-hybridized carbons (Fsp3) is 0.308. The molecule has 3 aromatic rings. The van der Waals surface area contributed by atoms with E-state index < -0.39 is 0 Å². The molecule has 0 amide bonds. The highest BCUT2D eigenvalue weighted by Crippen LogP contribution is 2.13. The third-order valence-electron chi connectivity index (χ3n) is 2.76. The first kappa shape index (κ1) is 13.0. The van der Waals surface area contributed by atoms with E-state index in [1.807, 2.05) is 36.9 Å². The van der Waals surface area contributed by atoms with Gasteiger partial charge in [0.15, 0.2) is 0 Å². The molecule has 0 aliphatic carbocycles. The molecule has 6 nitrogen and oxygen atoms in total. The Balaban J connectivity index is 1.53. The Morgan fingerprint density at radius 3 is 3.25 bits per heavy atom. The van der Waals surface area contributed by atoms with Crippen LogP contribution < -0.4 is 5.32 Å². The van der Waals surface area contributed by atoms with Crippen LogP contribution in [-0.4, -0.2) is 31.9 Å². The molecule has 20 heavy (non-hydrogen) atoms. The Kier molecular flexibility index (Phi) is 3.87. The van der Waals surface area contributed by atoms with Crippen LogP contribution in [0.1, 0.15) is 11.5 Å². The van der Waals surface area contributed by atoms with Gasteiger partial charge < -0.3 is 9.73 Å². The molecule has 0 atom stereocenters. The van der Waals surface area contributed by atoms with Crippen molar-refractivity contribution in [2.75, 3.05) is 17.6 Å². The molecule has 0 aliphatic rings. The summed E-state index contributed by atoms with van der Waals surface area (Å²) >= 11 is 1.82. The number of nitrogens with zero attached hydrogens (tertiary/aromatic N) is 4. The lowest BCUT2D eigenvalue weighted by atomic mass is 10.4. The summed E-state index contributed by atoms with van der Waals surface area (Å²) < 4.78 is 7.00. The van der Waals surface area contributed by atoms with Crippen LogP contribution in [0.3, 0.4) is 0 Å². The Morgan fingerprint density at radius 1 is 1.45 bits per heavy atom. The van der Waals surface area contributed by atoms with Gasteiger partial charge in [0.1, 0.15) is 17.9 Å². The van der Waals surface area contributed by atoms with Gasteiger partial charge in [0.05, 0.1) is 12.0 Å². The molecule has 3 heterocycles. The van der Waals surface area contributed by atoms with Crippen LogP contribution in [0, 0.1) is 6.92 Å². The molecule has 0 spiro atoms. The van der Waals surface area contributed by atoms with Crippen LogP contribution in [-0.2, 0) is 5.75 Å². The zero-order valence-corrected chi connectivity index (χ0v) is 11.9. The number of nitrogens with one attached hydrogen (secondary N) is 1. The Morgan fingerprint density at radius 2 is 2.40 bits per heavy atom. The second kappa shape index (κ2) is 5.96. The molecule has 0 aromatic carbocycles. The number of anilines is 1. The quantitative estimate of drug-likeness (QED) is 0.703. The molecular formula is C13H15N5OS. The Labute approximate surface area is 120 Å². The van der Waals surface area contributed by atoms with E-state index in [4.69, 9.17) is 4.42 Å². The minimum absolute atomic E-state index is 0.621. The number of aryl methyl sites for hydroxylation is 1. The predicted octanol–water partition coefficient (Wildman–Crippen LogP) is 2.37. The summed E-state index contributed by atoms with van der Waals surface area (Å²) in [6.07, 6.45) is 3.22. The van der Waals surface area contributed by atoms with Gasteiger partial charge in [-0.1, -0.05) is 0 Å². The van der Waals surface area contributed by atoms with Gasteiger partial charge in [-0.15, -0.1) is 0 Å². The van der Waals surface area contributed by atoms with Crippen LogP contribution in [0.15, 0.2) is 35.2 Å². The molecule has 0 unspecified atom stereocenters. The Bertz CT molecular complexity index is 679. The van der Waals surface area contributed by atoms with Crippen LogP contribution in [0.25, 0.3) is 5.78 Å². The van der Waals surface area contributed by atoms with Gasteiger partial charge in [0.2, 0.25) is 0 Å². The molecule has 0 radical (unpaired) electrons. The van der Waals surface area contributed by atoms with Crippen LogP contribution in [0.5, 0.6) is 0 Å². The van der Waals surface area contributed by atoms with E-state index in [-0.39, 0.29) is 0 Å². The molecule has 0 saturated heterocycles. The van der Waals surface area contributed by atoms with E-state index in [0.717, 1.165) is 35.3 Å². The fourth-order valence-electron chi connectivity index (χ4n) is 1.88. The minimum atomic E-state index is 0.621. The number of hydrogen-bond acceptors (Lipinski definition) is 6. The summed E-state index contributed by atoms with van der Waals surface area (Å²) in [5, 5.41) is 7.52. The van der Waals surface area contributed by atoms with E-state index in [9.17, 15) is 0 Å². The average molecular weight is 289 g/mol. The molecular weight excluding hydrogens is 274 g/mol. The van der Waals surface area contributed by atoms with Crippen molar-refractivity contribution in [1.82, 2.24) is 19.6 Å². The molecule has 3 aromatic heterocycles. The topological polar surface area (TPSA) is 68.2 Å². The van der Waals surface area contributed by atoms with Gasteiger partial charge in [-0.05, 0) is 19.1 Å². The number of furan rings is 1. The smallest absolute Gasteiger partial charge is 0.254 e. The lowest BCUT2D eigenvalue weighted by molar-refractivity contribution is 0.530. The first-order valence-electron chi connectivity index (χ1n) is 6.34. The van der Waals surface area contributed by atoms with Gasteiger partial charge in [-0.3, -0.25) is 0 Å². The zero-order chi connectivity index (χ0) is 13.8. The second-order valence-electron chi connectivity index (χ2n) is 4.31. The van der Waals surface area contributed by atoms with Crippen molar-refractivity contribution in [2.24, 2.45) is 0 Å². The molecule has 1 N–H and O–H groups in total. The van der Waals surface area contributed by atoms with Crippen LogP contribution in [0.2, 0.25) is 0 Å². The lowest BCUT2D eigenvalue weighted by Gasteiger charge is -2.08. The van der Waals surface area contributed by atoms with Crippen molar-refractivity contribution in [3.8, 4) is 0 Å². The van der Waals surface area contributed by atoms with Crippen LogP contribution in [0.4, 0.5) is 5.82 Å². The van der Waals surface area contributed by atoms with Crippen molar-refractivity contribution in [3.63, 3.8) is 0 Å². The predicted molar refractivity (Wildman–Crippen MR) is 78.9 cm³/mol. The fourth-order valence-corrected chi connectivity index (χ4v) is 2.63. The van der Waals surface area contributed by atoms with Crippen molar-refractivity contribution in [1.29, 1.82) is 0 Å². The Hall–Kier alpha value is -2.02. The number of fused-ring (bicyclic) bond motifs is 1. The average Bonchev–Trinajstić information content (AvgIpc) is 3.08. The van der Waals surface area contributed by atoms with E-state index >= 15 is 0 Å². The third kappa shape index (κ3) is 2.93. The molecule has 3 rings (SSSR count). The zero-order valence-electron chi connectivity index (χ0n) is 11.1. The van der Waals surface area contributed by atoms with Crippen molar-refractivity contribution >= 4 is 23.4 Å². The number of thioether (sulfide) groups is 1. The third-order valence-corrected chi connectivity index (χ3v) is 3.74. The highest BCUT2D eigenvalue weighted by atomic mass is 32.2. The highest BCUT2D eigenvalue weighted by Gasteiger charge is 2.04. The van der Waals surface area contributed by atoms with Crippen molar-refractivity contribution in [3.05, 3.63) is 42.2 Å². The van der Waals surface area contributed by atoms with Gasteiger partial charge in [0, 0.05) is 24.1 Å². The largest absolute Gasteiger partial charge is 0.468 e. The maximum absolute atomic E-state index is 5.29. The molecule has 0 bridgehead atoms. The van der Waals surface area contributed by atoms with Gasteiger partial charge in [-0.25, -0.2) is 4.98 Å². The molecule has 0 fully saturated rings. The first-order valence-corrected chi connectivity index (χ1v) is 7.50. The second-order valence-corrected chi connectivity index (χ2v) is 5.42. The summed E-state index contributed by atoms with van der Waals surface area (Å²) in [6, 6.07) is 5.87. The van der Waals surface area contributed by atoms with Crippen LogP contribution >= 0.6 is 11.8 Å². The van der Waals surface area contributed by atoms with E-state index in [1.165, 1.54) is 6.33 Å². The maximum atomic E-state index is 5.29. The van der Waals surface area contributed by atoms with Crippen molar-refractivity contribution in [2.45, 2.75) is 12.7 Å². The van der Waals surface area contributed by atoms with E-state index in [2.05, 4.69) is 20.4 Å². The monoisotopic (exact) mass is 289 g/mol. The summed E-state index contributed by atoms with van der Waals surface area (Å²) in [7, 11) is 0. The van der Waals surface area contributed by atoms with E-state index in [1.54, 1.807) is 10.8 Å². The normalized spacial score (nSPS) is 11.1. The number of rotatable bonds is 6. The molecule has 0 saturated carbocycles. The standard InChI is InChI=1S/C13H15N5OS/c1-10-7-12(18-13(17-10)15-9-16-18)14-4-6-20-8-11-3-2-5-19-11/h2-3,5,7,9,14H,4,6,8H2,1H3. The molecule has 104 valence electrons. The summed E-state index contributed by atoms with van der Waals surface area (Å²) in [5.74, 6) is 4.42. The number of aromatic nitrogens is 4. The summed E-state index contributed by atoms with van der Waals surface area (Å²) in [5.41, 5.74) is 0.927. The molecule has 7 heteroatoms. The molecule has 0 aliphatic heterocycles. The SMILES string of the molecule is Cc1cc(NCCSCc2ccco2)n2ncnc2n1. The maximum Gasteiger partial charge on any atom is 0.254 e. The van der Waals surface area contributed by atoms with Gasteiger partial charge >= 0.3 is 0 Å². The number of hydrogen-bond donors (Lipinski definition) is 1. The summed E-state index contributed by atoms with van der Waals surface area (Å²) in [6.45, 7) is 2.80. The lowest BCUT2D eigenvalue weighted by Crippen LogP contribution is -2.10. The van der Waals surface area contributed by atoms with Gasteiger partial charge in [0.25, 0.3) is 5.78 Å². The van der Waals surface area contributed by atoms with Gasteiger partial charge in [-0.2, -0.15) is 26.4 Å². The summed E-state index contributed by atoms with van der Waals surface area (Å²) in [4.78, 5) is 8.41. The van der Waals surface area contributed by atoms with Crippen molar-refractivity contribution < 1.29 is 4.42 Å².